The number of thioether (sulfide) groups is 1. The van der Waals surface area contributed by atoms with Crippen LogP contribution in [-0.4, -0.2) is 30.6 Å². The average Bonchev–Trinajstić information content (AvgIpc) is 2.44. The fourth-order valence-corrected chi connectivity index (χ4v) is 1.94. The second-order valence-corrected chi connectivity index (χ2v) is 4.59. The molecule has 0 aliphatic heterocycles. The maximum Gasteiger partial charge on any atom is 0.511 e. The summed E-state index contributed by atoms with van der Waals surface area (Å²) in [7, 11) is 1.09. The van der Waals surface area contributed by atoms with Crippen LogP contribution in [0.5, 0.6) is 0 Å². The molecular formula is C13H14O6S. The van der Waals surface area contributed by atoms with Gasteiger partial charge in [-0.3, -0.25) is 9.59 Å². The largest absolute Gasteiger partial charge is 0.511 e. The Morgan fingerprint density at radius 1 is 1.15 bits per heavy atom. The Morgan fingerprint density at radius 3 is 2.35 bits per heavy atom. The summed E-state index contributed by atoms with van der Waals surface area (Å²) in [5.74, 6) is -0.352. The van der Waals surface area contributed by atoms with Gasteiger partial charge in [-0.1, -0.05) is 42.1 Å². The van der Waals surface area contributed by atoms with Crippen LogP contribution in [0.25, 0.3) is 0 Å². The van der Waals surface area contributed by atoms with Crippen LogP contribution in [0.2, 0.25) is 0 Å². The van der Waals surface area contributed by atoms with Crippen molar-refractivity contribution in [3.63, 3.8) is 0 Å². The lowest BCUT2D eigenvalue weighted by atomic mass is 10.2. The molecule has 0 saturated carbocycles. The van der Waals surface area contributed by atoms with Crippen LogP contribution in [-0.2, 0) is 29.6 Å². The zero-order valence-corrected chi connectivity index (χ0v) is 11.8. The zero-order valence-electron chi connectivity index (χ0n) is 11.0. The van der Waals surface area contributed by atoms with E-state index in [0.29, 0.717) is 5.75 Å². The van der Waals surface area contributed by atoms with E-state index in [-0.39, 0.29) is 0 Å². The summed E-state index contributed by atoms with van der Waals surface area (Å²) in [6, 6.07) is 9.24. The lowest BCUT2D eigenvalue weighted by Crippen LogP contribution is -2.30. The van der Waals surface area contributed by atoms with E-state index >= 15 is 0 Å². The first kappa shape index (κ1) is 16.0. The molecule has 0 fully saturated rings. The molecule has 108 valence electrons. The van der Waals surface area contributed by atoms with Gasteiger partial charge in [0.05, 0.1) is 7.11 Å². The van der Waals surface area contributed by atoms with Crippen LogP contribution < -0.4 is 0 Å². The van der Waals surface area contributed by atoms with Crippen molar-refractivity contribution in [2.75, 3.05) is 7.11 Å². The van der Waals surface area contributed by atoms with E-state index in [9.17, 15) is 14.4 Å². The molecule has 0 amide bonds. The van der Waals surface area contributed by atoms with Crippen molar-refractivity contribution in [1.29, 1.82) is 0 Å². The number of ether oxygens (including phenoxy) is 3. The van der Waals surface area contributed by atoms with Crippen LogP contribution >= 0.6 is 11.8 Å². The van der Waals surface area contributed by atoms with E-state index in [1.54, 1.807) is 0 Å². The van der Waals surface area contributed by atoms with Gasteiger partial charge >= 0.3 is 18.4 Å². The SMILES string of the molecule is COC(=O)OC(OC(C)=O)C(=O)SCc1ccccc1. The third-order valence-electron chi connectivity index (χ3n) is 2.06. The van der Waals surface area contributed by atoms with Gasteiger partial charge in [0.25, 0.3) is 5.12 Å². The topological polar surface area (TPSA) is 78.9 Å². The Hall–Kier alpha value is -2.02. The molecule has 6 nitrogen and oxygen atoms in total. The summed E-state index contributed by atoms with van der Waals surface area (Å²) < 4.78 is 13.5. The van der Waals surface area contributed by atoms with Gasteiger partial charge in [-0.25, -0.2) is 4.79 Å². The van der Waals surface area contributed by atoms with E-state index in [2.05, 4.69) is 14.2 Å². The molecule has 1 unspecified atom stereocenters. The van der Waals surface area contributed by atoms with Gasteiger partial charge in [0.15, 0.2) is 0 Å². The van der Waals surface area contributed by atoms with Gasteiger partial charge < -0.3 is 14.2 Å². The summed E-state index contributed by atoms with van der Waals surface area (Å²) >= 11 is 0.883. The minimum absolute atomic E-state index is 0.377. The van der Waals surface area contributed by atoms with E-state index in [4.69, 9.17) is 0 Å². The molecule has 0 saturated heterocycles. The number of carbonyl (C=O) groups is 3. The molecule has 1 rings (SSSR count). The average molecular weight is 298 g/mol. The first-order chi connectivity index (χ1) is 9.52. The normalized spacial score (nSPS) is 11.3. The number of esters is 1. The highest BCUT2D eigenvalue weighted by molar-refractivity contribution is 8.13. The van der Waals surface area contributed by atoms with Gasteiger partial charge in [0.1, 0.15) is 0 Å². The number of rotatable bonds is 5. The molecule has 0 bridgehead atoms. The first-order valence-corrected chi connectivity index (χ1v) is 6.64. The molecule has 1 aromatic carbocycles. The third kappa shape index (κ3) is 5.75. The number of hydrogen-bond acceptors (Lipinski definition) is 7. The van der Waals surface area contributed by atoms with E-state index < -0.39 is 23.5 Å². The van der Waals surface area contributed by atoms with E-state index in [0.717, 1.165) is 31.4 Å². The predicted octanol–water partition coefficient (Wildman–Crippen LogP) is 2.12. The lowest BCUT2D eigenvalue weighted by molar-refractivity contribution is -0.171. The summed E-state index contributed by atoms with van der Waals surface area (Å²) in [6.45, 7) is 1.11. The molecule has 0 heterocycles. The minimum Gasteiger partial charge on any atom is -0.438 e. The molecule has 0 aromatic heterocycles. The summed E-state index contributed by atoms with van der Waals surface area (Å²) in [5, 5.41) is -0.588. The molecule has 7 heteroatoms. The van der Waals surface area contributed by atoms with Crippen LogP contribution in [0.1, 0.15) is 12.5 Å². The second kappa shape index (κ2) is 8.21. The molecule has 0 radical (unpaired) electrons. The molecule has 0 N–H and O–H groups in total. The van der Waals surface area contributed by atoms with Crippen molar-refractivity contribution in [2.45, 2.75) is 19.0 Å². The fraction of sp³-hybridized carbons (Fsp3) is 0.308. The number of hydrogen-bond donors (Lipinski definition) is 0. The Morgan fingerprint density at radius 2 is 1.80 bits per heavy atom. The third-order valence-corrected chi connectivity index (χ3v) is 3.01. The predicted molar refractivity (Wildman–Crippen MR) is 71.8 cm³/mol. The van der Waals surface area contributed by atoms with Crippen LogP contribution in [0.15, 0.2) is 30.3 Å². The van der Waals surface area contributed by atoms with Gasteiger partial charge in [0.2, 0.25) is 0 Å². The number of methoxy groups -OCH3 is 1. The van der Waals surface area contributed by atoms with Crippen molar-refractivity contribution in [1.82, 2.24) is 0 Å². The summed E-state index contributed by atoms with van der Waals surface area (Å²) in [4.78, 5) is 33.7. The highest BCUT2D eigenvalue weighted by Gasteiger charge is 2.26. The fourth-order valence-electron chi connectivity index (χ4n) is 1.20. The van der Waals surface area contributed by atoms with Crippen molar-refractivity contribution in [3.05, 3.63) is 35.9 Å². The van der Waals surface area contributed by atoms with E-state index in [1.807, 2.05) is 30.3 Å². The second-order valence-electron chi connectivity index (χ2n) is 3.61. The van der Waals surface area contributed by atoms with Crippen LogP contribution in [0.3, 0.4) is 0 Å². The molecule has 0 spiro atoms. The Kier molecular flexibility index (Phi) is 6.58. The molecule has 0 aliphatic rings. The van der Waals surface area contributed by atoms with Gasteiger partial charge in [0, 0.05) is 12.7 Å². The Balaban J connectivity index is 2.58. The van der Waals surface area contributed by atoms with Crippen molar-refractivity contribution >= 4 is 29.0 Å². The zero-order chi connectivity index (χ0) is 15.0. The lowest BCUT2D eigenvalue weighted by Gasteiger charge is -2.14. The maximum atomic E-state index is 11.9. The molecular weight excluding hydrogens is 284 g/mol. The first-order valence-electron chi connectivity index (χ1n) is 5.65. The van der Waals surface area contributed by atoms with Crippen molar-refractivity contribution in [2.24, 2.45) is 0 Å². The minimum atomic E-state index is -1.60. The molecule has 20 heavy (non-hydrogen) atoms. The highest BCUT2D eigenvalue weighted by Crippen LogP contribution is 2.17. The monoisotopic (exact) mass is 298 g/mol. The molecule has 0 aliphatic carbocycles. The highest BCUT2D eigenvalue weighted by atomic mass is 32.2. The number of carbonyl (C=O) groups excluding carboxylic acids is 3. The van der Waals surface area contributed by atoms with E-state index in [1.165, 1.54) is 0 Å². The Bertz CT molecular complexity index is 473. The van der Waals surface area contributed by atoms with Crippen molar-refractivity contribution in [3.8, 4) is 0 Å². The smallest absolute Gasteiger partial charge is 0.438 e. The van der Waals surface area contributed by atoms with Crippen LogP contribution in [0, 0.1) is 0 Å². The standard InChI is InChI=1S/C13H14O6S/c1-9(14)18-12(19-13(16)17-2)11(15)20-8-10-6-4-3-5-7-10/h3-7,12H,8H2,1-2H3. The molecule has 1 atom stereocenters. The molecule has 1 aromatic rings. The quantitative estimate of drug-likeness (QED) is 0.608. The van der Waals surface area contributed by atoms with Gasteiger partial charge in [-0.15, -0.1) is 0 Å². The summed E-state index contributed by atoms with van der Waals surface area (Å²) in [5.41, 5.74) is 0.922. The summed E-state index contributed by atoms with van der Waals surface area (Å²) in [6.07, 6.45) is -2.70. The van der Waals surface area contributed by atoms with Gasteiger partial charge in [-0.2, -0.15) is 0 Å². The number of benzene rings is 1. The van der Waals surface area contributed by atoms with Crippen molar-refractivity contribution < 1.29 is 28.6 Å². The maximum absolute atomic E-state index is 11.9. The van der Waals surface area contributed by atoms with Crippen LogP contribution in [0.4, 0.5) is 4.79 Å². The van der Waals surface area contributed by atoms with Gasteiger partial charge in [-0.05, 0) is 5.56 Å². The Labute approximate surface area is 120 Å².